The first-order chi connectivity index (χ1) is 13.3. The third-order valence-electron chi connectivity index (χ3n) is 4.57. The van der Waals surface area contributed by atoms with Crippen molar-refractivity contribution in [2.45, 2.75) is 82.9 Å². The van der Waals surface area contributed by atoms with Gasteiger partial charge in [0.15, 0.2) is 0 Å². The molecule has 28 heavy (non-hydrogen) atoms. The summed E-state index contributed by atoms with van der Waals surface area (Å²) >= 11 is 3.16. The lowest BCUT2D eigenvalue weighted by Crippen LogP contribution is -2.25. The maximum atomic E-state index is 12.2. The highest BCUT2D eigenvalue weighted by Crippen LogP contribution is 2.36. The van der Waals surface area contributed by atoms with E-state index in [0.29, 0.717) is 25.0 Å². The molecule has 1 rings (SSSR count). The first-order valence-electron chi connectivity index (χ1n) is 10.3. The van der Waals surface area contributed by atoms with E-state index in [9.17, 15) is 19.8 Å². The van der Waals surface area contributed by atoms with Gasteiger partial charge in [0, 0.05) is 12.3 Å². The fraction of sp³-hybridized carbons (Fsp3) is 0.810. The van der Waals surface area contributed by atoms with Gasteiger partial charge in [0.05, 0.1) is 29.3 Å². The quantitative estimate of drug-likeness (QED) is 0.246. The Balaban J connectivity index is 2.28. The summed E-state index contributed by atoms with van der Waals surface area (Å²) < 4.78 is 5.09. The molecule has 0 aromatic heterocycles. The van der Waals surface area contributed by atoms with Gasteiger partial charge in [0.2, 0.25) is 0 Å². The summed E-state index contributed by atoms with van der Waals surface area (Å²) in [6.45, 7) is 5.73. The zero-order valence-electron chi connectivity index (χ0n) is 17.3. The molecule has 0 heterocycles. The molecular formula is C21H36O5S2. The summed E-state index contributed by atoms with van der Waals surface area (Å²) in [4.78, 5) is 23.7. The topological polar surface area (TPSA) is 83.8 Å². The minimum atomic E-state index is -0.594. The Hall–Kier alpha value is -0.500. The smallest absolute Gasteiger partial charge is 0.316 e. The van der Waals surface area contributed by atoms with Crippen molar-refractivity contribution in [3.63, 3.8) is 0 Å². The highest BCUT2D eigenvalue weighted by atomic mass is 32.2. The minimum Gasteiger partial charge on any atom is -0.462 e. The lowest BCUT2D eigenvalue weighted by atomic mass is 9.96. The van der Waals surface area contributed by atoms with E-state index in [1.165, 1.54) is 0 Å². The van der Waals surface area contributed by atoms with Crippen molar-refractivity contribution in [2.75, 3.05) is 17.3 Å². The van der Waals surface area contributed by atoms with Crippen LogP contribution in [0.3, 0.4) is 0 Å². The number of Topliss-reactive ketones (excluding diaryl/α,β-unsaturated/α-hetero) is 1. The largest absolute Gasteiger partial charge is 0.462 e. The number of allylic oxidation sites excluding steroid dienone is 1. The van der Waals surface area contributed by atoms with E-state index < -0.39 is 12.2 Å². The van der Waals surface area contributed by atoms with Crippen LogP contribution in [-0.2, 0) is 14.3 Å². The predicted octanol–water partition coefficient (Wildman–Crippen LogP) is 3.61. The van der Waals surface area contributed by atoms with Gasteiger partial charge in [-0.25, -0.2) is 0 Å². The second-order valence-corrected chi connectivity index (χ2v) is 9.84. The van der Waals surface area contributed by atoms with Crippen LogP contribution in [-0.4, -0.2) is 62.8 Å². The Morgan fingerprint density at radius 2 is 2.07 bits per heavy atom. The average molecular weight is 433 g/mol. The van der Waals surface area contributed by atoms with Crippen LogP contribution in [0.1, 0.15) is 59.3 Å². The lowest BCUT2D eigenvalue weighted by molar-refractivity contribution is -0.144. The van der Waals surface area contributed by atoms with Crippen molar-refractivity contribution in [1.82, 2.24) is 0 Å². The standard InChI is InChI=1S/C21H36O5S2/c1-4-5-6-8-16(22)9-10-17-18(23)13-19(24)21(17)28-12-7-11-27-14-20(25)26-15(2)3/h5-6,15-18,21-23H,4,7-14H2,1-3H3/b6-5+/t16-,17-,18-,21-/m1/s1. The number of carbonyl (C=O) groups is 2. The number of hydrogen-bond acceptors (Lipinski definition) is 7. The van der Waals surface area contributed by atoms with Crippen LogP contribution in [0.25, 0.3) is 0 Å². The SMILES string of the molecule is CC/C=C/C[C@@H](O)CC[C@@H]1[C@H](O)CC(=O)[C@@H]1SCCCSCC(=O)OC(C)C. The van der Waals surface area contributed by atoms with Crippen LogP contribution in [0.15, 0.2) is 12.2 Å². The van der Waals surface area contributed by atoms with Gasteiger partial charge in [-0.3, -0.25) is 9.59 Å². The van der Waals surface area contributed by atoms with Gasteiger partial charge in [0.1, 0.15) is 5.78 Å². The van der Waals surface area contributed by atoms with Gasteiger partial charge in [-0.2, -0.15) is 23.5 Å². The van der Waals surface area contributed by atoms with E-state index in [1.54, 1.807) is 23.5 Å². The van der Waals surface area contributed by atoms with E-state index in [2.05, 4.69) is 6.92 Å². The van der Waals surface area contributed by atoms with Gasteiger partial charge in [-0.05, 0) is 57.5 Å². The first-order valence-corrected chi connectivity index (χ1v) is 12.5. The molecule has 7 heteroatoms. The Labute approximate surface area is 178 Å². The summed E-state index contributed by atoms with van der Waals surface area (Å²) in [5.74, 6) is 1.89. The number of aliphatic hydroxyl groups excluding tert-OH is 2. The van der Waals surface area contributed by atoms with E-state index in [-0.39, 0.29) is 35.4 Å². The molecule has 0 bridgehead atoms. The fourth-order valence-corrected chi connectivity index (χ4v) is 5.54. The van der Waals surface area contributed by atoms with Gasteiger partial charge in [-0.15, -0.1) is 0 Å². The van der Waals surface area contributed by atoms with Crippen LogP contribution >= 0.6 is 23.5 Å². The summed E-state index contributed by atoms with van der Waals surface area (Å²) in [6.07, 6.45) is 6.92. The molecule has 1 fully saturated rings. The maximum absolute atomic E-state index is 12.2. The second kappa shape index (κ2) is 14.5. The molecule has 0 amide bonds. The molecule has 5 nitrogen and oxygen atoms in total. The molecule has 4 atom stereocenters. The number of aliphatic hydroxyl groups is 2. The molecule has 0 aromatic carbocycles. The van der Waals surface area contributed by atoms with Crippen LogP contribution < -0.4 is 0 Å². The molecule has 0 radical (unpaired) electrons. The molecule has 1 aliphatic rings. The minimum absolute atomic E-state index is 0.0732. The van der Waals surface area contributed by atoms with Gasteiger partial charge in [0.25, 0.3) is 0 Å². The molecular weight excluding hydrogens is 396 g/mol. The highest BCUT2D eigenvalue weighted by Gasteiger charge is 2.41. The van der Waals surface area contributed by atoms with Crippen molar-refractivity contribution in [3.05, 3.63) is 12.2 Å². The first kappa shape index (κ1) is 25.5. The average Bonchev–Trinajstić information content (AvgIpc) is 2.88. The zero-order chi connectivity index (χ0) is 20.9. The number of esters is 1. The molecule has 0 unspecified atom stereocenters. The van der Waals surface area contributed by atoms with Crippen LogP contribution in [0.5, 0.6) is 0 Å². The predicted molar refractivity (Wildman–Crippen MR) is 118 cm³/mol. The summed E-state index contributed by atoms with van der Waals surface area (Å²) in [5, 5.41) is 20.2. The zero-order valence-corrected chi connectivity index (χ0v) is 19.0. The molecule has 0 aromatic rings. The van der Waals surface area contributed by atoms with Crippen LogP contribution in [0.4, 0.5) is 0 Å². The molecule has 0 spiro atoms. The van der Waals surface area contributed by atoms with Gasteiger partial charge in [-0.1, -0.05) is 19.1 Å². The maximum Gasteiger partial charge on any atom is 0.316 e. The van der Waals surface area contributed by atoms with E-state index >= 15 is 0 Å². The van der Waals surface area contributed by atoms with Gasteiger partial charge >= 0.3 is 5.97 Å². The number of ketones is 1. The third-order valence-corrected chi connectivity index (χ3v) is 7.09. The van der Waals surface area contributed by atoms with Crippen molar-refractivity contribution in [1.29, 1.82) is 0 Å². The van der Waals surface area contributed by atoms with E-state index in [4.69, 9.17) is 4.74 Å². The Morgan fingerprint density at radius 3 is 2.75 bits per heavy atom. The third kappa shape index (κ3) is 10.3. The number of thioether (sulfide) groups is 2. The number of carbonyl (C=O) groups excluding carboxylic acids is 2. The molecule has 2 N–H and O–H groups in total. The van der Waals surface area contributed by atoms with E-state index in [0.717, 1.165) is 24.3 Å². The lowest BCUT2D eigenvalue weighted by Gasteiger charge is -2.21. The van der Waals surface area contributed by atoms with Crippen LogP contribution in [0.2, 0.25) is 0 Å². The number of rotatable bonds is 14. The Bertz CT molecular complexity index is 495. The van der Waals surface area contributed by atoms with Crippen molar-refractivity contribution in [3.8, 4) is 0 Å². The summed E-state index contributed by atoms with van der Waals surface area (Å²) in [7, 11) is 0. The fourth-order valence-electron chi connectivity index (χ4n) is 3.22. The molecule has 162 valence electrons. The molecule has 1 aliphatic carbocycles. The number of ether oxygens (including phenoxy) is 1. The van der Waals surface area contributed by atoms with Gasteiger partial charge < -0.3 is 14.9 Å². The molecule has 0 aliphatic heterocycles. The van der Waals surface area contributed by atoms with E-state index in [1.807, 2.05) is 26.0 Å². The second-order valence-electron chi connectivity index (χ2n) is 7.48. The molecule has 1 saturated carbocycles. The van der Waals surface area contributed by atoms with Crippen molar-refractivity contribution in [2.24, 2.45) is 5.92 Å². The van der Waals surface area contributed by atoms with Crippen molar-refractivity contribution >= 4 is 35.3 Å². The summed E-state index contributed by atoms with van der Waals surface area (Å²) in [6, 6.07) is 0. The number of hydrogen-bond donors (Lipinski definition) is 2. The normalized spacial score (nSPS) is 23.6. The Kier molecular flexibility index (Phi) is 13.2. The monoisotopic (exact) mass is 432 g/mol. The highest BCUT2D eigenvalue weighted by molar-refractivity contribution is 8.01. The van der Waals surface area contributed by atoms with Crippen LogP contribution in [0, 0.1) is 5.92 Å². The van der Waals surface area contributed by atoms with Crippen molar-refractivity contribution < 1.29 is 24.5 Å². The Morgan fingerprint density at radius 1 is 1.32 bits per heavy atom. The molecule has 0 saturated heterocycles. The summed E-state index contributed by atoms with van der Waals surface area (Å²) in [5.41, 5.74) is 0.